The van der Waals surface area contributed by atoms with E-state index in [4.69, 9.17) is 0 Å². The number of benzene rings is 1. The van der Waals surface area contributed by atoms with Crippen LogP contribution in [0.15, 0.2) is 33.9 Å². The molecule has 2 rings (SSSR count). The van der Waals surface area contributed by atoms with E-state index in [-0.39, 0.29) is 29.6 Å². The van der Waals surface area contributed by atoms with Crippen LogP contribution >= 0.6 is 0 Å². The summed E-state index contributed by atoms with van der Waals surface area (Å²) in [7, 11) is 1.48. The van der Waals surface area contributed by atoms with Crippen molar-refractivity contribution < 1.29 is 39.5 Å². The van der Waals surface area contributed by atoms with Gasteiger partial charge in [-0.1, -0.05) is 12.1 Å². The maximum Gasteiger partial charge on any atom is 1.00 e. The zero-order valence-electron chi connectivity index (χ0n) is 10.0. The number of carboxylic acid groups (broad SMARTS) is 1. The number of para-hydroxylation sites is 1. The summed E-state index contributed by atoms with van der Waals surface area (Å²) in [5.74, 6) is -1.47. The van der Waals surface area contributed by atoms with Gasteiger partial charge in [0.1, 0.15) is 0 Å². The number of rotatable bonds is 2. The molecule has 18 heavy (non-hydrogen) atoms. The van der Waals surface area contributed by atoms with Crippen molar-refractivity contribution in [2.45, 2.75) is 6.54 Å². The molecule has 7 heteroatoms. The van der Waals surface area contributed by atoms with Crippen LogP contribution in [-0.2, 0) is 18.4 Å². The Bertz CT molecular complexity index is 717. The van der Waals surface area contributed by atoms with Crippen LogP contribution in [-0.4, -0.2) is 15.1 Å². The minimum atomic E-state index is -1.47. The van der Waals surface area contributed by atoms with Crippen molar-refractivity contribution in [3.8, 4) is 0 Å². The molecule has 0 N–H and O–H groups in total. The van der Waals surface area contributed by atoms with Gasteiger partial charge < -0.3 is 9.90 Å². The van der Waals surface area contributed by atoms with Gasteiger partial charge in [0.15, 0.2) is 0 Å². The molecule has 0 unspecified atom stereocenters. The van der Waals surface area contributed by atoms with Crippen LogP contribution in [0.1, 0.15) is 0 Å². The number of fused-ring (bicyclic) bond motifs is 1. The SMILES string of the molecule is Cn1c(=O)n(CC(=O)[O-])c(=O)c2ccccc21.[Na+]. The minimum absolute atomic E-state index is 0. The molecule has 1 heterocycles. The molecular weight excluding hydrogens is 247 g/mol. The first-order valence-corrected chi connectivity index (χ1v) is 4.91. The maximum atomic E-state index is 11.9. The smallest absolute Gasteiger partial charge is 0.548 e. The molecule has 0 fully saturated rings. The molecule has 0 aliphatic heterocycles. The average molecular weight is 256 g/mol. The summed E-state index contributed by atoms with van der Waals surface area (Å²) < 4.78 is 1.89. The molecule has 6 nitrogen and oxygen atoms in total. The normalized spacial score (nSPS) is 10.1. The number of nitrogens with zero attached hydrogens (tertiary/aromatic N) is 2. The first kappa shape index (κ1) is 14.7. The minimum Gasteiger partial charge on any atom is -0.548 e. The Morgan fingerprint density at radius 1 is 1.28 bits per heavy atom. The van der Waals surface area contributed by atoms with Crippen LogP contribution in [0.3, 0.4) is 0 Å². The Morgan fingerprint density at radius 2 is 1.89 bits per heavy atom. The van der Waals surface area contributed by atoms with E-state index >= 15 is 0 Å². The fourth-order valence-electron chi connectivity index (χ4n) is 1.73. The van der Waals surface area contributed by atoms with Gasteiger partial charge >= 0.3 is 35.2 Å². The van der Waals surface area contributed by atoms with Crippen LogP contribution in [0.4, 0.5) is 0 Å². The number of hydrogen-bond donors (Lipinski definition) is 0. The summed E-state index contributed by atoms with van der Waals surface area (Å²) >= 11 is 0. The van der Waals surface area contributed by atoms with E-state index in [0.29, 0.717) is 15.5 Å². The molecule has 0 saturated heterocycles. The number of carbonyl (C=O) groups is 1. The van der Waals surface area contributed by atoms with E-state index in [2.05, 4.69) is 0 Å². The Morgan fingerprint density at radius 3 is 2.50 bits per heavy atom. The molecule has 1 aromatic carbocycles. The molecular formula is C11H9N2NaO4. The van der Waals surface area contributed by atoms with Crippen LogP contribution in [0.25, 0.3) is 10.9 Å². The van der Waals surface area contributed by atoms with Gasteiger partial charge in [0.25, 0.3) is 5.56 Å². The van der Waals surface area contributed by atoms with Crippen molar-refractivity contribution >= 4 is 16.9 Å². The molecule has 0 bridgehead atoms. The third-order valence-electron chi connectivity index (χ3n) is 2.55. The van der Waals surface area contributed by atoms with Crippen molar-refractivity contribution in [1.29, 1.82) is 0 Å². The second-order valence-corrected chi connectivity index (χ2v) is 3.62. The number of carboxylic acids is 1. The number of aliphatic carboxylic acids is 1. The van der Waals surface area contributed by atoms with Gasteiger partial charge in [-0.3, -0.25) is 13.9 Å². The monoisotopic (exact) mass is 256 g/mol. The van der Waals surface area contributed by atoms with Gasteiger partial charge in [0.05, 0.1) is 23.4 Å². The third-order valence-corrected chi connectivity index (χ3v) is 2.55. The van der Waals surface area contributed by atoms with E-state index in [1.807, 2.05) is 0 Å². The predicted molar refractivity (Wildman–Crippen MR) is 58.5 cm³/mol. The molecule has 2 aromatic rings. The van der Waals surface area contributed by atoms with Gasteiger partial charge in [-0.15, -0.1) is 0 Å². The number of aromatic nitrogens is 2. The maximum absolute atomic E-state index is 11.9. The number of hydrogen-bond acceptors (Lipinski definition) is 4. The Hall–Kier alpha value is -1.37. The fourth-order valence-corrected chi connectivity index (χ4v) is 1.73. The number of aryl methyl sites for hydroxylation is 1. The van der Waals surface area contributed by atoms with Gasteiger partial charge in [-0.05, 0) is 12.1 Å². The molecule has 0 atom stereocenters. The van der Waals surface area contributed by atoms with Crippen molar-refractivity contribution in [3.05, 3.63) is 45.1 Å². The van der Waals surface area contributed by atoms with Gasteiger partial charge in [-0.25, -0.2) is 4.79 Å². The van der Waals surface area contributed by atoms with E-state index in [1.54, 1.807) is 24.3 Å². The molecule has 0 spiro atoms. The molecule has 0 radical (unpaired) electrons. The molecule has 0 saturated carbocycles. The first-order chi connectivity index (χ1) is 8.02. The van der Waals surface area contributed by atoms with Gasteiger partial charge in [0.2, 0.25) is 0 Å². The first-order valence-electron chi connectivity index (χ1n) is 4.91. The quantitative estimate of drug-likeness (QED) is 0.507. The van der Waals surface area contributed by atoms with Crippen molar-refractivity contribution in [1.82, 2.24) is 9.13 Å². The second kappa shape index (κ2) is 5.51. The third kappa shape index (κ3) is 2.40. The van der Waals surface area contributed by atoms with Crippen molar-refractivity contribution in [2.24, 2.45) is 7.05 Å². The second-order valence-electron chi connectivity index (χ2n) is 3.62. The average Bonchev–Trinajstić information content (AvgIpc) is 2.31. The zero-order valence-corrected chi connectivity index (χ0v) is 12.0. The van der Waals surface area contributed by atoms with Crippen molar-refractivity contribution in [3.63, 3.8) is 0 Å². The van der Waals surface area contributed by atoms with E-state index in [0.717, 1.165) is 0 Å². The molecule has 88 valence electrons. The Balaban J connectivity index is 0.00000162. The number of carbonyl (C=O) groups excluding carboxylic acids is 1. The van der Waals surface area contributed by atoms with Gasteiger partial charge in [-0.2, -0.15) is 0 Å². The zero-order chi connectivity index (χ0) is 12.6. The van der Waals surface area contributed by atoms with E-state index in [1.165, 1.54) is 11.6 Å². The van der Waals surface area contributed by atoms with Crippen molar-refractivity contribution in [2.75, 3.05) is 0 Å². The summed E-state index contributed by atoms with van der Waals surface area (Å²) in [6.45, 7) is -0.740. The Kier molecular flexibility index (Phi) is 4.50. The predicted octanol–water partition coefficient (Wildman–Crippen LogP) is -4.55. The van der Waals surface area contributed by atoms with Crippen LogP contribution in [0, 0.1) is 0 Å². The standard InChI is InChI=1S/C11H10N2O4.Na/c1-12-8-5-3-2-4-7(8)10(16)13(11(12)17)6-9(14)15;/h2-5H,6H2,1H3,(H,14,15);/q;+1/p-1. The van der Waals surface area contributed by atoms with Crippen LogP contribution in [0.2, 0.25) is 0 Å². The molecule has 1 aromatic heterocycles. The van der Waals surface area contributed by atoms with E-state index in [9.17, 15) is 19.5 Å². The summed E-state index contributed by atoms with van der Waals surface area (Å²) in [5.41, 5.74) is -0.817. The molecule has 0 aliphatic carbocycles. The molecule has 0 amide bonds. The van der Waals surface area contributed by atoms with Crippen LogP contribution < -0.4 is 45.9 Å². The van der Waals surface area contributed by atoms with Crippen LogP contribution in [0.5, 0.6) is 0 Å². The van der Waals surface area contributed by atoms with E-state index < -0.39 is 23.8 Å². The van der Waals surface area contributed by atoms with Gasteiger partial charge in [0, 0.05) is 7.05 Å². The largest absolute Gasteiger partial charge is 1.00 e. The summed E-state index contributed by atoms with van der Waals surface area (Å²) in [6, 6.07) is 6.52. The summed E-state index contributed by atoms with van der Waals surface area (Å²) in [5, 5.41) is 10.8. The molecule has 0 aliphatic rings. The fraction of sp³-hybridized carbons (Fsp3) is 0.182. The summed E-state index contributed by atoms with van der Waals surface area (Å²) in [6.07, 6.45) is 0. The Labute approximate surface area is 124 Å². The topological polar surface area (TPSA) is 84.1 Å². The summed E-state index contributed by atoms with van der Waals surface area (Å²) in [4.78, 5) is 34.2.